The van der Waals surface area contributed by atoms with Crippen LogP contribution in [0.5, 0.6) is 0 Å². The topological polar surface area (TPSA) is 37.3 Å². The quantitative estimate of drug-likeness (QED) is 0.816. The summed E-state index contributed by atoms with van der Waals surface area (Å²) in [6.07, 6.45) is 1.80. The Bertz CT molecular complexity index is 426. The standard InChI is InChI=1S/C13H15ClO2/c1-4-13(3,12(15)16)8-10-6-5-9(2)7-11(10)14/h4-7H,1,8H2,2-3H3,(H,15,16). The summed E-state index contributed by atoms with van der Waals surface area (Å²) < 4.78 is 0. The Kier molecular flexibility index (Phi) is 3.76. The molecule has 0 saturated carbocycles. The summed E-state index contributed by atoms with van der Waals surface area (Å²) in [5, 5.41) is 9.73. The van der Waals surface area contributed by atoms with Gasteiger partial charge in [-0.25, -0.2) is 0 Å². The lowest BCUT2D eigenvalue weighted by Gasteiger charge is -2.21. The molecule has 0 aliphatic heterocycles. The lowest BCUT2D eigenvalue weighted by Crippen LogP contribution is -2.27. The number of hydrogen-bond acceptors (Lipinski definition) is 1. The van der Waals surface area contributed by atoms with Gasteiger partial charge in [0.2, 0.25) is 0 Å². The van der Waals surface area contributed by atoms with E-state index in [0.717, 1.165) is 11.1 Å². The maximum atomic E-state index is 11.1. The predicted octanol–water partition coefficient (Wildman–Crippen LogP) is 3.47. The van der Waals surface area contributed by atoms with Crippen LogP contribution in [0.1, 0.15) is 18.1 Å². The van der Waals surface area contributed by atoms with Gasteiger partial charge in [0.05, 0.1) is 5.41 Å². The maximum Gasteiger partial charge on any atom is 0.313 e. The molecule has 1 unspecified atom stereocenters. The number of carboxylic acid groups (broad SMARTS) is 1. The lowest BCUT2D eigenvalue weighted by atomic mass is 9.84. The van der Waals surface area contributed by atoms with Crippen molar-refractivity contribution in [3.05, 3.63) is 47.0 Å². The van der Waals surface area contributed by atoms with Gasteiger partial charge in [-0.1, -0.05) is 29.8 Å². The van der Waals surface area contributed by atoms with Crippen LogP contribution in [0.4, 0.5) is 0 Å². The Morgan fingerprint density at radius 3 is 2.69 bits per heavy atom. The second-order valence-corrected chi connectivity index (χ2v) is 4.61. The van der Waals surface area contributed by atoms with Crippen molar-refractivity contribution in [3.8, 4) is 0 Å². The summed E-state index contributed by atoms with van der Waals surface area (Å²) >= 11 is 6.07. The molecule has 0 radical (unpaired) electrons. The first-order chi connectivity index (χ1) is 7.39. The van der Waals surface area contributed by atoms with E-state index in [0.29, 0.717) is 11.4 Å². The molecule has 1 aromatic rings. The van der Waals surface area contributed by atoms with Crippen LogP contribution in [0.3, 0.4) is 0 Å². The highest BCUT2D eigenvalue weighted by Gasteiger charge is 2.30. The van der Waals surface area contributed by atoms with Crippen LogP contribution in [-0.4, -0.2) is 11.1 Å². The van der Waals surface area contributed by atoms with Gasteiger partial charge >= 0.3 is 5.97 Å². The molecule has 0 spiro atoms. The van der Waals surface area contributed by atoms with Crippen LogP contribution in [0.25, 0.3) is 0 Å². The van der Waals surface area contributed by atoms with Gasteiger partial charge in [-0.3, -0.25) is 4.79 Å². The predicted molar refractivity (Wildman–Crippen MR) is 65.8 cm³/mol. The number of aryl methyl sites for hydroxylation is 1. The van der Waals surface area contributed by atoms with Gasteiger partial charge in [-0.2, -0.15) is 0 Å². The molecule has 1 N–H and O–H groups in total. The van der Waals surface area contributed by atoms with Crippen molar-refractivity contribution in [2.24, 2.45) is 5.41 Å². The second-order valence-electron chi connectivity index (χ2n) is 4.20. The van der Waals surface area contributed by atoms with Gasteiger partial charge in [-0.15, -0.1) is 6.58 Å². The van der Waals surface area contributed by atoms with E-state index >= 15 is 0 Å². The lowest BCUT2D eigenvalue weighted by molar-refractivity contribution is -0.145. The molecule has 0 aromatic heterocycles. The average Bonchev–Trinajstić information content (AvgIpc) is 2.22. The van der Waals surface area contributed by atoms with E-state index in [-0.39, 0.29) is 0 Å². The van der Waals surface area contributed by atoms with Crippen molar-refractivity contribution in [1.82, 2.24) is 0 Å². The molecule has 86 valence electrons. The third-order valence-corrected chi connectivity index (χ3v) is 3.06. The number of aliphatic carboxylic acids is 1. The largest absolute Gasteiger partial charge is 0.481 e. The van der Waals surface area contributed by atoms with E-state index in [2.05, 4.69) is 6.58 Å². The summed E-state index contributed by atoms with van der Waals surface area (Å²) in [4.78, 5) is 11.1. The minimum absolute atomic E-state index is 0.352. The SMILES string of the molecule is C=CC(C)(Cc1ccc(C)cc1Cl)C(=O)O. The monoisotopic (exact) mass is 238 g/mol. The van der Waals surface area contributed by atoms with E-state index in [9.17, 15) is 4.79 Å². The number of rotatable bonds is 4. The molecule has 0 heterocycles. The molecule has 3 heteroatoms. The van der Waals surface area contributed by atoms with Crippen LogP contribution in [0.2, 0.25) is 5.02 Å². The molecule has 1 aromatic carbocycles. The van der Waals surface area contributed by atoms with E-state index < -0.39 is 11.4 Å². The number of benzene rings is 1. The van der Waals surface area contributed by atoms with Crippen LogP contribution in [0, 0.1) is 12.3 Å². The van der Waals surface area contributed by atoms with Crippen molar-refractivity contribution in [2.45, 2.75) is 20.3 Å². The summed E-state index contributed by atoms with van der Waals surface area (Å²) in [6.45, 7) is 7.15. The molecule has 1 rings (SSSR count). The van der Waals surface area contributed by atoms with Gasteiger partial charge < -0.3 is 5.11 Å². The number of hydrogen-bond donors (Lipinski definition) is 1. The molecule has 0 saturated heterocycles. The van der Waals surface area contributed by atoms with E-state index in [1.807, 2.05) is 25.1 Å². The second kappa shape index (κ2) is 4.71. The van der Waals surface area contributed by atoms with Gasteiger partial charge in [-0.05, 0) is 37.5 Å². The molecule has 0 aliphatic rings. The normalized spacial score (nSPS) is 14.2. The molecular weight excluding hydrogens is 224 g/mol. The molecule has 0 fully saturated rings. The Balaban J connectivity index is 3.04. The van der Waals surface area contributed by atoms with Crippen LogP contribution in [0.15, 0.2) is 30.9 Å². The molecule has 0 bridgehead atoms. The van der Waals surface area contributed by atoms with Gasteiger partial charge in [0, 0.05) is 5.02 Å². The smallest absolute Gasteiger partial charge is 0.313 e. The third kappa shape index (κ3) is 2.64. The molecule has 1 atom stereocenters. The van der Waals surface area contributed by atoms with Crippen LogP contribution in [-0.2, 0) is 11.2 Å². The van der Waals surface area contributed by atoms with Crippen molar-refractivity contribution >= 4 is 17.6 Å². The van der Waals surface area contributed by atoms with Gasteiger partial charge in [0.1, 0.15) is 0 Å². The van der Waals surface area contributed by atoms with Crippen molar-refractivity contribution < 1.29 is 9.90 Å². The van der Waals surface area contributed by atoms with Crippen molar-refractivity contribution in [2.75, 3.05) is 0 Å². The van der Waals surface area contributed by atoms with E-state index in [1.54, 1.807) is 6.92 Å². The summed E-state index contributed by atoms with van der Waals surface area (Å²) in [7, 11) is 0. The number of carbonyl (C=O) groups is 1. The Hall–Kier alpha value is -1.28. The number of carboxylic acids is 1. The minimum Gasteiger partial charge on any atom is -0.481 e. The highest BCUT2D eigenvalue weighted by atomic mass is 35.5. The fraction of sp³-hybridized carbons (Fsp3) is 0.308. The van der Waals surface area contributed by atoms with E-state index in [4.69, 9.17) is 16.7 Å². The van der Waals surface area contributed by atoms with Gasteiger partial charge in [0.25, 0.3) is 0 Å². The highest BCUT2D eigenvalue weighted by molar-refractivity contribution is 6.31. The molecular formula is C13H15ClO2. The summed E-state index contributed by atoms with van der Waals surface area (Å²) in [5.41, 5.74) is 0.917. The van der Waals surface area contributed by atoms with Gasteiger partial charge in [0.15, 0.2) is 0 Å². The Morgan fingerprint density at radius 1 is 1.62 bits per heavy atom. The highest BCUT2D eigenvalue weighted by Crippen LogP contribution is 2.28. The van der Waals surface area contributed by atoms with Crippen LogP contribution >= 0.6 is 11.6 Å². The minimum atomic E-state index is -0.973. The fourth-order valence-electron chi connectivity index (χ4n) is 1.43. The van der Waals surface area contributed by atoms with E-state index in [1.165, 1.54) is 6.08 Å². The first kappa shape index (κ1) is 12.8. The Morgan fingerprint density at radius 2 is 2.25 bits per heavy atom. The average molecular weight is 239 g/mol. The zero-order valence-electron chi connectivity index (χ0n) is 9.46. The first-order valence-electron chi connectivity index (χ1n) is 5.01. The summed E-state index contributed by atoms with van der Waals surface area (Å²) in [6, 6.07) is 5.62. The third-order valence-electron chi connectivity index (χ3n) is 2.71. The molecule has 2 nitrogen and oxygen atoms in total. The number of halogens is 1. The Labute approximate surface area is 101 Å². The summed E-state index contributed by atoms with van der Waals surface area (Å²) in [5.74, 6) is -0.890. The zero-order chi connectivity index (χ0) is 12.3. The van der Waals surface area contributed by atoms with Crippen LogP contribution < -0.4 is 0 Å². The zero-order valence-corrected chi connectivity index (χ0v) is 10.2. The first-order valence-corrected chi connectivity index (χ1v) is 5.39. The van der Waals surface area contributed by atoms with Crippen molar-refractivity contribution in [1.29, 1.82) is 0 Å². The molecule has 0 amide bonds. The maximum absolute atomic E-state index is 11.1. The molecule has 16 heavy (non-hydrogen) atoms. The van der Waals surface area contributed by atoms with Crippen molar-refractivity contribution in [3.63, 3.8) is 0 Å². The fourth-order valence-corrected chi connectivity index (χ4v) is 1.73. The molecule has 0 aliphatic carbocycles.